The van der Waals surface area contributed by atoms with Crippen molar-refractivity contribution in [1.82, 2.24) is 10.3 Å². The summed E-state index contributed by atoms with van der Waals surface area (Å²) in [6.45, 7) is 0.151. The molecule has 0 aliphatic rings. The second kappa shape index (κ2) is 6.49. The largest absolute Gasteiger partial charge is 0.348 e. The van der Waals surface area contributed by atoms with Gasteiger partial charge in [0.15, 0.2) is 0 Å². The van der Waals surface area contributed by atoms with Crippen molar-refractivity contribution in [2.45, 2.75) is 6.54 Å². The van der Waals surface area contributed by atoms with E-state index in [1.165, 1.54) is 12.3 Å². The summed E-state index contributed by atoms with van der Waals surface area (Å²) in [6, 6.07) is 11.9. The average Bonchev–Trinajstić information content (AvgIpc) is 3.08. The molecule has 3 aromatic rings. The van der Waals surface area contributed by atoms with Crippen LogP contribution in [0.5, 0.6) is 0 Å². The predicted octanol–water partition coefficient (Wildman–Crippen LogP) is 3.88. The quantitative estimate of drug-likeness (QED) is 0.794. The Bertz CT molecular complexity index is 770. The van der Waals surface area contributed by atoms with Gasteiger partial charge < -0.3 is 5.32 Å². The zero-order chi connectivity index (χ0) is 15.4. The molecule has 22 heavy (non-hydrogen) atoms. The summed E-state index contributed by atoms with van der Waals surface area (Å²) in [7, 11) is 0. The second-order valence-electron chi connectivity index (χ2n) is 4.72. The zero-order valence-electron chi connectivity index (χ0n) is 11.6. The van der Waals surface area contributed by atoms with Crippen LogP contribution >= 0.6 is 11.3 Å². The number of nitrogens with zero attached hydrogens (tertiary/aromatic N) is 1. The standard InChI is InChI=1S/C17H13FN2OS/c18-15-4-2-1-3-12(15)9-20-17(21)13-5-6-16(19-10-13)14-7-8-22-11-14/h1-8,10-11H,9H2,(H,20,21). The first-order chi connectivity index (χ1) is 10.7. The van der Waals surface area contributed by atoms with Crippen LogP contribution in [0.4, 0.5) is 4.39 Å². The molecule has 3 rings (SSSR count). The number of carbonyl (C=O) groups excluding carboxylic acids is 1. The molecule has 0 saturated carbocycles. The smallest absolute Gasteiger partial charge is 0.253 e. The fourth-order valence-electron chi connectivity index (χ4n) is 2.03. The van der Waals surface area contributed by atoms with Crippen LogP contribution in [0.2, 0.25) is 0 Å². The van der Waals surface area contributed by atoms with Crippen LogP contribution in [0.25, 0.3) is 11.3 Å². The van der Waals surface area contributed by atoms with Crippen LogP contribution in [-0.2, 0) is 6.54 Å². The Balaban J connectivity index is 1.67. The molecule has 0 saturated heterocycles. The number of amides is 1. The molecule has 1 amide bonds. The van der Waals surface area contributed by atoms with Crippen molar-refractivity contribution in [2.24, 2.45) is 0 Å². The van der Waals surface area contributed by atoms with Crippen LogP contribution < -0.4 is 5.32 Å². The third kappa shape index (κ3) is 3.20. The molecule has 3 nitrogen and oxygen atoms in total. The highest BCUT2D eigenvalue weighted by Gasteiger charge is 2.08. The van der Waals surface area contributed by atoms with Gasteiger partial charge in [0.25, 0.3) is 5.91 Å². The van der Waals surface area contributed by atoms with E-state index < -0.39 is 0 Å². The maximum atomic E-state index is 13.5. The number of carbonyl (C=O) groups is 1. The van der Waals surface area contributed by atoms with Gasteiger partial charge in [-0.15, -0.1) is 0 Å². The summed E-state index contributed by atoms with van der Waals surface area (Å²) in [4.78, 5) is 16.3. The van der Waals surface area contributed by atoms with Gasteiger partial charge in [-0.25, -0.2) is 4.39 Å². The maximum absolute atomic E-state index is 13.5. The van der Waals surface area contributed by atoms with Gasteiger partial charge in [-0.05, 0) is 29.6 Å². The first kappa shape index (κ1) is 14.4. The molecular weight excluding hydrogens is 299 g/mol. The Hall–Kier alpha value is -2.53. The molecule has 0 aliphatic carbocycles. The average molecular weight is 312 g/mol. The molecule has 0 fully saturated rings. The lowest BCUT2D eigenvalue weighted by Crippen LogP contribution is -2.23. The summed E-state index contributed by atoms with van der Waals surface area (Å²) in [6.07, 6.45) is 1.53. The monoisotopic (exact) mass is 312 g/mol. The molecule has 1 N–H and O–H groups in total. The van der Waals surface area contributed by atoms with E-state index in [4.69, 9.17) is 0 Å². The number of hydrogen-bond donors (Lipinski definition) is 1. The number of hydrogen-bond acceptors (Lipinski definition) is 3. The van der Waals surface area contributed by atoms with E-state index in [2.05, 4.69) is 10.3 Å². The van der Waals surface area contributed by atoms with Crippen molar-refractivity contribution in [3.8, 4) is 11.3 Å². The van der Waals surface area contributed by atoms with Gasteiger partial charge in [-0.2, -0.15) is 11.3 Å². The van der Waals surface area contributed by atoms with Gasteiger partial charge in [-0.3, -0.25) is 9.78 Å². The van der Waals surface area contributed by atoms with Crippen LogP contribution in [-0.4, -0.2) is 10.9 Å². The lowest BCUT2D eigenvalue weighted by molar-refractivity contribution is 0.0950. The lowest BCUT2D eigenvalue weighted by Gasteiger charge is -2.06. The van der Waals surface area contributed by atoms with E-state index in [0.717, 1.165) is 11.3 Å². The summed E-state index contributed by atoms with van der Waals surface area (Å²) < 4.78 is 13.5. The van der Waals surface area contributed by atoms with Gasteiger partial charge in [-0.1, -0.05) is 18.2 Å². The fourth-order valence-corrected chi connectivity index (χ4v) is 2.68. The molecule has 2 heterocycles. The fraction of sp³-hybridized carbons (Fsp3) is 0.0588. The van der Waals surface area contributed by atoms with Crippen molar-refractivity contribution in [2.75, 3.05) is 0 Å². The number of pyridine rings is 1. The third-order valence-corrected chi connectivity index (χ3v) is 3.92. The zero-order valence-corrected chi connectivity index (χ0v) is 12.4. The third-order valence-electron chi connectivity index (χ3n) is 3.24. The van der Waals surface area contributed by atoms with Crippen LogP contribution in [0.1, 0.15) is 15.9 Å². The van der Waals surface area contributed by atoms with E-state index in [1.54, 1.807) is 41.7 Å². The molecule has 110 valence electrons. The Morgan fingerprint density at radius 3 is 2.73 bits per heavy atom. The molecule has 5 heteroatoms. The van der Waals surface area contributed by atoms with Crippen molar-refractivity contribution in [1.29, 1.82) is 0 Å². The van der Waals surface area contributed by atoms with Crippen molar-refractivity contribution >= 4 is 17.2 Å². The van der Waals surface area contributed by atoms with Crippen molar-refractivity contribution < 1.29 is 9.18 Å². The van der Waals surface area contributed by atoms with Gasteiger partial charge in [0.05, 0.1) is 11.3 Å². The highest BCUT2D eigenvalue weighted by molar-refractivity contribution is 7.08. The molecule has 0 atom stereocenters. The van der Waals surface area contributed by atoms with Crippen LogP contribution in [0.3, 0.4) is 0 Å². The minimum atomic E-state index is -0.325. The molecule has 0 unspecified atom stereocenters. The predicted molar refractivity (Wildman–Crippen MR) is 85.1 cm³/mol. The second-order valence-corrected chi connectivity index (χ2v) is 5.50. The molecule has 1 aromatic carbocycles. The Morgan fingerprint density at radius 2 is 2.05 bits per heavy atom. The van der Waals surface area contributed by atoms with Gasteiger partial charge >= 0.3 is 0 Å². The van der Waals surface area contributed by atoms with E-state index in [1.807, 2.05) is 16.8 Å². The molecule has 0 spiro atoms. The molecule has 0 radical (unpaired) electrons. The minimum Gasteiger partial charge on any atom is -0.348 e. The molecule has 0 bridgehead atoms. The Kier molecular flexibility index (Phi) is 4.25. The first-order valence-corrected chi connectivity index (χ1v) is 7.68. The Morgan fingerprint density at radius 1 is 1.18 bits per heavy atom. The normalized spacial score (nSPS) is 10.4. The highest BCUT2D eigenvalue weighted by Crippen LogP contribution is 2.19. The molecule has 0 aliphatic heterocycles. The number of thiophene rings is 1. The van der Waals surface area contributed by atoms with E-state index in [-0.39, 0.29) is 18.3 Å². The number of nitrogens with one attached hydrogen (secondary N) is 1. The lowest BCUT2D eigenvalue weighted by atomic mass is 10.1. The summed E-state index contributed by atoms with van der Waals surface area (Å²) >= 11 is 1.60. The van der Waals surface area contributed by atoms with Crippen LogP contribution in [0, 0.1) is 5.82 Å². The van der Waals surface area contributed by atoms with E-state index in [0.29, 0.717) is 11.1 Å². The summed E-state index contributed by atoms with van der Waals surface area (Å²) in [5.41, 5.74) is 2.77. The van der Waals surface area contributed by atoms with E-state index in [9.17, 15) is 9.18 Å². The molecule has 2 aromatic heterocycles. The SMILES string of the molecule is O=C(NCc1ccccc1F)c1ccc(-c2ccsc2)nc1. The van der Waals surface area contributed by atoms with Crippen molar-refractivity contribution in [3.63, 3.8) is 0 Å². The molecular formula is C17H13FN2OS. The van der Waals surface area contributed by atoms with E-state index >= 15 is 0 Å². The minimum absolute atomic E-state index is 0.151. The summed E-state index contributed by atoms with van der Waals surface area (Å²) in [5.74, 6) is -0.596. The van der Waals surface area contributed by atoms with Gasteiger partial charge in [0.2, 0.25) is 0 Å². The summed E-state index contributed by atoms with van der Waals surface area (Å²) in [5, 5.41) is 6.67. The highest BCUT2D eigenvalue weighted by atomic mass is 32.1. The Labute approximate surface area is 131 Å². The first-order valence-electron chi connectivity index (χ1n) is 6.74. The number of benzene rings is 1. The number of rotatable bonds is 4. The van der Waals surface area contributed by atoms with Gasteiger partial charge in [0.1, 0.15) is 5.82 Å². The number of halogens is 1. The van der Waals surface area contributed by atoms with Crippen molar-refractivity contribution in [3.05, 3.63) is 76.4 Å². The van der Waals surface area contributed by atoms with Gasteiger partial charge in [0, 0.05) is 29.2 Å². The maximum Gasteiger partial charge on any atom is 0.253 e. The van der Waals surface area contributed by atoms with Crippen LogP contribution in [0.15, 0.2) is 59.4 Å². The topological polar surface area (TPSA) is 42.0 Å². The number of aromatic nitrogens is 1.